The number of urea groups is 1. The van der Waals surface area contributed by atoms with Crippen molar-refractivity contribution in [1.82, 2.24) is 24.4 Å². The summed E-state index contributed by atoms with van der Waals surface area (Å²) in [6.07, 6.45) is -3.64. The molecule has 0 radical (unpaired) electrons. The molecule has 2 aromatic rings. The van der Waals surface area contributed by atoms with Crippen LogP contribution in [0.15, 0.2) is 28.9 Å². The molecule has 4 rings (SSSR count). The fourth-order valence-electron chi connectivity index (χ4n) is 5.51. The van der Waals surface area contributed by atoms with Crippen molar-refractivity contribution >= 4 is 36.7 Å². The van der Waals surface area contributed by atoms with Crippen LogP contribution < -0.4 is 22.8 Å². The number of unbranched alkanes of at least 4 members (excludes halogenated alkanes) is 2. The summed E-state index contributed by atoms with van der Waals surface area (Å²) in [6.45, 7) is 6.45. The Balaban J connectivity index is 1.60. The van der Waals surface area contributed by atoms with E-state index in [4.69, 9.17) is 40.7 Å². The summed E-state index contributed by atoms with van der Waals surface area (Å²) < 4.78 is 44.8. The maximum Gasteiger partial charge on any atom is 0.352 e. The normalized spacial score (nSPS) is 28.4. The second-order valence-electron chi connectivity index (χ2n) is 11.2. The molecule has 21 heteroatoms. The highest BCUT2D eigenvalue weighted by atomic mass is 31.2. The lowest BCUT2D eigenvalue weighted by Crippen LogP contribution is -2.46. The van der Waals surface area contributed by atoms with E-state index < -0.39 is 87.0 Å². The molecular formula is C27H44N9O11P. The summed E-state index contributed by atoms with van der Waals surface area (Å²) in [5.74, 6) is -0.710. The minimum absolute atomic E-state index is 0.0269. The van der Waals surface area contributed by atoms with Crippen molar-refractivity contribution in [3.8, 4) is 0 Å². The van der Waals surface area contributed by atoms with E-state index in [1.165, 1.54) is 10.9 Å². The molecule has 2 saturated heterocycles. The number of aliphatic imine (C=N–C) groups is 1. The van der Waals surface area contributed by atoms with E-state index in [0.717, 1.165) is 23.9 Å². The Morgan fingerprint density at radius 1 is 1.21 bits per heavy atom. The van der Waals surface area contributed by atoms with Crippen LogP contribution in [0.1, 0.15) is 45.8 Å². The van der Waals surface area contributed by atoms with Gasteiger partial charge in [0.25, 0.3) is 5.56 Å². The lowest BCUT2D eigenvalue weighted by Gasteiger charge is -2.31. The molecule has 20 nitrogen and oxygen atoms in total. The highest BCUT2D eigenvalue weighted by molar-refractivity contribution is 7.53. The average molecular weight is 702 g/mol. The Bertz CT molecular complexity index is 1550. The monoisotopic (exact) mass is 701 g/mol. The molecule has 0 aromatic carbocycles. The first-order valence-electron chi connectivity index (χ1n) is 15.4. The van der Waals surface area contributed by atoms with Crippen LogP contribution >= 0.6 is 7.60 Å². The Morgan fingerprint density at radius 3 is 2.48 bits per heavy atom. The molecule has 2 aromatic heterocycles. The average Bonchev–Trinajstić information content (AvgIpc) is 3.70. The molecule has 2 fully saturated rings. The molecule has 2 aliphatic heterocycles. The van der Waals surface area contributed by atoms with Gasteiger partial charge in [0.2, 0.25) is 5.95 Å². The first-order valence-corrected chi connectivity index (χ1v) is 17.1. The van der Waals surface area contributed by atoms with Gasteiger partial charge in [-0.05, 0) is 12.8 Å². The Hall–Kier alpha value is -3.46. The number of nitrogen functional groups attached to an aromatic ring is 1. The smallest absolute Gasteiger partial charge is 0.352 e. The van der Waals surface area contributed by atoms with Crippen LogP contribution in [0.2, 0.25) is 0 Å². The van der Waals surface area contributed by atoms with E-state index in [1.54, 1.807) is 0 Å². The van der Waals surface area contributed by atoms with E-state index in [9.17, 15) is 29.3 Å². The highest BCUT2D eigenvalue weighted by Crippen LogP contribution is 2.55. The highest BCUT2D eigenvalue weighted by Gasteiger charge is 2.57. The van der Waals surface area contributed by atoms with E-state index in [2.05, 4.69) is 26.5 Å². The fraction of sp³-hybridized carbons (Fsp3) is 0.667. The lowest BCUT2D eigenvalue weighted by atomic mass is 10.1. The van der Waals surface area contributed by atoms with Crippen molar-refractivity contribution in [2.45, 2.75) is 88.2 Å². The van der Waals surface area contributed by atoms with E-state index in [0.29, 0.717) is 12.8 Å². The third-order valence-electron chi connectivity index (χ3n) is 7.86. The number of aliphatic hydroxyl groups is 2. The van der Waals surface area contributed by atoms with Gasteiger partial charge in [0, 0.05) is 19.4 Å². The number of H-pyrrole nitrogens is 1. The van der Waals surface area contributed by atoms with Crippen molar-refractivity contribution in [2.24, 2.45) is 16.5 Å². The molecular weight excluding hydrogens is 657 g/mol. The third kappa shape index (κ3) is 8.04. The number of imidazole rings is 1. The molecule has 3 unspecified atom stereocenters. The number of hydrogen-bond donors (Lipinski definition) is 7. The summed E-state index contributed by atoms with van der Waals surface area (Å²) >= 11 is 0. The van der Waals surface area contributed by atoms with Gasteiger partial charge in [-0.3, -0.25) is 23.8 Å². The SMILES string of the molecule is C=CN(C(=O)N=C(N)N)[C@@H]1O[C@H](CO)[C@H](P(=O)(O)OC[C@H]2O[C@@H](n3cnc4c(=O)[nH]c(N)nc43)C(OCCCC)[C@H]2O)C1OCCCC. The number of rotatable bonds is 16. The summed E-state index contributed by atoms with van der Waals surface area (Å²) in [7, 11) is -4.81. The predicted molar refractivity (Wildman–Crippen MR) is 170 cm³/mol. The van der Waals surface area contributed by atoms with Gasteiger partial charge < -0.3 is 55.8 Å². The molecule has 48 heavy (non-hydrogen) atoms. The summed E-state index contributed by atoms with van der Waals surface area (Å²) in [6, 6.07) is -0.988. The van der Waals surface area contributed by atoms with Crippen LogP contribution in [0.3, 0.4) is 0 Å². The number of amides is 2. The zero-order chi connectivity index (χ0) is 35.2. The number of carbonyl (C=O) groups is 1. The lowest BCUT2D eigenvalue weighted by molar-refractivity contribution is -0.0808. The summed E-state index contributed by atoms with van der Waals surface area (Å²) in [5.41, 5.74) is 14.4. The van der Waals surface area contributed by atoms with Gasteiger partial charge in [0.05, 0.1) is 19.5 Å². The Morgan fingerprint density at radius 2 is 1.88 bits per heavy atom. The number of ether oxygens (including phenoxy) is 4. The molecule has 9 atom stereocenters. The van der Waals surface area contributed by atoms with Crippen LogP contribution in [-0.2, 0) is 28.0 Å². The second kappa shape index (κ2) is 16.3. The van der Waals surface area contributed by atoms with Crippen molar-refractivity contribution < 1.29 is 47.9 Å². The fourth-order valence-corrected chi connectivity index (χ4v) is 7.23. The van der Waals surface area contributed by atoms with Crippen LogP contribution in [-0.4, -0.2) is 120 Å². The number of fused-ring (bicyclic) bond motifs is 1. The van der Waals surface area contributed by atoms with E-state index >= 15 is 0 Å². The van der Waals surface area contributed by atoms with Gasteiger partial charge in [0.15, 0.2) is 29.6 Å². The van der Waals surface area contributed by atoms with Crippen molar-refractivity contribution in [2.75, 3.05) is 32.2 Å². The number of nitrogens with one attached hydrogen (secondary N) is 1. The quantitative estimate of drug-likeness (QED) is 0.0500. The van der Waals surface area contributed by atoms with Gasteiger partial charge in [-0.25, -0.2) is 9.78 Å². The second-order valence-corrected chi connectivity index (χ2v) is 13.2. The number of aromatic nitrogens is 4. The van der Waals surface area contributed by atoms with Crippen molar-refractivity contribution in [1.29, 1.82) is 0 Å². The molecule has 0 bridgehead atoms. The molecule has 10 N–H and O–H groups in total. The minimum Gasteiger partial charge on any atom is -0.394 e. The first kappa shape index (κ1) is 37.4. The number of carbonyl (C=O) groups excluding carboxylic acids is 1. The number of nitrogens with zero attached hydrogens (tertiary/aromatic N) is 5. The van der Waals surface area contributed by atoms with Crippen molar-refractivity contribution in [3.63, 3.8) is 0 Å². The number of aliphatic hydroxyl groups excluding tert-OH is 2. The number of nitrogens with two attached hydrogens (primary N) is 3. The first-order chi connectivity index (χ1) is 22.9. The van der Waals surface area contributed by atoms with Crippen molar-refractivity contribution in [3.05, 3.63) is 29.5 Å². The Labute approximate surface area is 275 Å². The standard InChI is InChI=1S/C27H44N9O11P/c1-4-7-9-43-18-17(38)15(47-23(18)36-13-31-16-21(36)32-26(30)33-22(16)39)12-45-48(41,42)20-14(11-37)46-24(19(20)44-10-8-5-2)35(6-3)27(40)34-25(28)29/h6,13-15,17-20,23-24,37-38H,3-5,7-12H2,1-2H3,(H,41,42)(H4,28,29,34,40)(H3,30,32,33,39)/t14-,15-,17+,18?,19?,20+,23-,24-/m1/s1. The van der Waals surface area contributed by atoms with Gasteiger partial charge in [-0.1, -0.05) is 33.3 Å². The number of anilines is 1. The van der Waals surface area contributed by atoms with Crippen LogP contribution in [0.5, 0.6) is 0 Å². The summed E-state index contributed by atoms with van der Waals surface area (Å²) in [4.78, 5) is 51.5. The maximum absolute atomic E-state index is 14.0. The van der Waals surface area contributed by atoms with Crippen LogP contribution in [0.25, 0.3) is 11.2 Å². The topological polar surface area (TPSA) is 298 Å². The van der Waals surface area contributed by atoms with Gasteiger partial charge in [-0.2, -0.15) is 9.98 Å². The molecule has 2 aliphatic rings. The third-order valence-corrected chi connectivity index (χ3v) is 9.76. The predicted octanol–water partition coefficient (Wildman–Crippen LogP) is -0.543. The zero-order valence-electron chi connectivity index (χ0n) is 26.7. The largest absolute Gasteiger partial charge is 0.394 e. The van der Waals surface area contributed by atoms with Gasteiger partial charge >= 0.3 is 13.6 Å². The molecule has 0 spiro atoms. The molecule has 0 saturated carbocycles. The zero-order valence-corrected chi connectivity index (χ0v) is 27.6. The minimum atomic E-state index is -4.81. The molecule has 2 amide bonds. The summed E-state index contributed by atoms with van der Waals surface area (Å²) in [5, 5.41) is 21.5. The van der Waals surface area contributed by atoms with E-state index in [1.807, 2.05) is 13.8 Å². The molecule has 4 heterocycles. The number of aromatic amines is 1. The number of guanidine groups is 1. The van der Waals surface area contributed by atoms with Crippen LogP contribution in [0, 0.1) is 0 Å². The molecule has 0 aliphatic carbocycles. The maximum atomic E-state index is 14.0. The molecule has 268 valence electrons. The van der Waals surface area contributed by atoms with Crippen LogP contribution in [0.4, 0.5) is 10.7 Å². The van der Waals surface area contributed by atoms with Gasteiger partial charge in [-0.15, -0.1) is 0 Å². The number of hydrogen-bond acceptors (Lipinski definition) is 13. The van der Waals surface area contributed by atoms with E-state index in [-0.39, 0.29) is 30.3 Å². The van der Waals surface area contributed by atoms with Gasteiger partial charge in [0.1, 0.15) is 36.2 Å². The Kier molecular flexibility index (Phi) is 12.7.